The fourth-order valence-corrected chi connectivity index (χ4v) is 5.74. The van der Waals surface area contributed by atoms with Gasteiger partial charge in [-0.2, -0.15) is 30.0 Å². The molecule has 5 nitrogen and oxygen atoms in total. The van der Waals surface area contributed by atoms with E-state index in [4.69, 9.17) is 0 Å². The van der Waals surface area contributed by atoms with Crippen molar-refractivity contribution in [1.29, 1.82) is 0 Å². The smallest absolute Gasteiger partial charge is 0.363 e. The standard InChI is InChI=1S/C24H23F3N4OS/c25-24(26,27)21-13-19(16-7-3-1-4-8-16)29-22-18(14-28-31(21)22)23(32)30-11-12-33-20(15-30)17-9-5-2-6-10-17/h1-10,14,19-21,29H,11-13,15H2. The Morgan fingerprint density at radius 1 is 1.03 bits per heavy atom. The molecular formula is C24H23F3N4OS. The van der Waals surface area contributed by atoms with Crippen molar-refractivity contribution in [2.45, 2.75) is 29.9 Å². The maximum atomic E-state index is 13.9. The second kappa shape index (κ2) is 8.78. The van der Waals surface area contributed by atoms with Gasteiger partial charge in [0.1, 0.15) is 11.4 Å². The minimum atomic E-state index is -4.48. The topological polar surface area (TPSA) is 50.2 Å². The Hall–Kier alpha value is -2.94. The van der Waals surface area contributed by atoms with Gasteiger partial charge in [-0.05, 0) is 11.1 Å². The number of anilines is 1. The Kier molecular flexibility index (Phi) is 5.82. The molecule has 1 N–H and O–H groups in total. The van der Waals surface area contributed by atoms with Gasteiger partial charge in [0.05, 0.1) is 12.2 Å². The van der Waals surface area contributed by atoms with Crippen LogP contribution < -0.4 is 5.32 Å². The van der Waals surface area contributed by atoms with Gasteiger partial charge in [-0.3, -0.25) is 4.79 Å². The number of alkyl halides is 3. The summed E-state index contributed by atoms with van der Waals surface area (Å²) in [7, 11) is 0. The first-order chi connectivity index (χ1) is 15.9. The summed E-state index contributed by atoms with van der Waals surface area (Å²) in [5.41, 5.74) is 2.07. The molecule has 0 saturated carbocycles. The average Bonchev–Trinajstić information content (AvgIpc) is 3.27. The SMILES string of the molecule is O=C(c1cnn2c1NC(c1ccccc1)CC2C(F)(F)F)N1CCSC(c2ccccc2)C1. The molecule has 1 aromatic heterocycles. The zero-order valence-electron chi connectivity index (χ0n) is 17.7. The molecule has 0 bridgehead atoms. The van der Waals surface area contributed by atoms with Crippen molar-refractivity contribution < 1.29 is 18.0 Å². The van der Waals surface area contributed by atoms with E-state index in [9.17, 15) is 18.0 Å². The number of carbonyl (C=O) groups excluding carboxylic acids is 1. The van der Waals surface area contributed by atoms with E-state index in [1.807, 2.05) is 36.4 Å². The summed E-state index contributed by atoms with van der Waals surface area (Å²) in [6.07, 6.45) is -3.39. The van der Waals surface area contributed by atoms with Crippen LogP contribution in [0.5, 0.6) is 0 Å². The van der Waals surface area contributed by atoms with Crippen LogP contribution in [-0.4, -0.2) is 45.6 Å². The zero-order valence-corrected chi connectivity index (χ0v) is 18.5. The van der Waals surface area contributed by atoms with Gasteiger partial charge >= 0.3 is 6.18 Å². The van der Waals surface area contributed by atoms with Crippen LogP contribution in [0.15, 0.2) is 66.9 Å². The normalized spacial score (nSPS) is 23.0. The molecule has 1 amide bonds. The summed E-state index contributed by atoms with van der Waals surface area (Å²) in [6.45, 7) is 1.05. The number of aromatic nitrogens is 2. The van der Waals surface area contributed by atoms with Crippen molar-refractivity contribution in [3.63, 3.8) is 0 Å². The molecule has 3 aromatic rings. The number of hydrogen-bond donors (Lipinski definition) is 1. The van der Waals surface area contributed by atoms with Crippen LogP contribution in [0.4, 0.5) is 19.0 Å². The molecular weight excluding hydrogens is 449 g/mol. The Morgan fingerprint density at radius 3 is 2.36 bits per heavy atom. The molecule has 1 saturated heterocycles. The van der Waals surface area contributed by atoms with Gasteiger partial charge in [0, 0.05) is 30.5 Å². The Bertz CT molecular complexity index is 1120. The van der Waals surface area contributed by atoms with Crippen LogP contribution in [0.2, 0.25) is 0 Å². The van der Waals surface area contributed by atoms with E-state index in [-0.39, 0.29) is 29.0 Å². The number of fused-ring (bicyclic) bond motifs is 1. The molecule has 0 aliphatic carbocycles. The molecule has 172 valence electrons. The number of nitrogens with one attached hydrogen (secondary N) is 1. The number of hydrogen-bond acceptors (Lipinski definition) is 4. The lowest BCUT2D eigenvalue weighted by atomic mass is 9.96. The number of nitrogens with zero attached hydrogens (tertiary/aromatic N) is 3. The van der Waals surface area contributed by atoms with Gasteiger partial charge in [0.25, 0.3) is 5.91 Å². The van der Waals surface area contributed by atoms with Crippen LogP contribution >= 0.6 is 11.8 Å². The van der Waals surface area contributed by atoms with Crippen LogP contribution in [0, 0.1) is 0 Å². The van der Waals surface area contributed by atoms with Crippen LogP contribution in [-0.2, 0) is 0 Å². The second-order valence-corrected chi connectivity index (χ2v) is 9.58. The summed E-state index contributed by atoms with van der Waals surface area (Å²) < 4.78 is 42.7. The molecule has 0 radical (unpaired) electrons. The molecule has 2 aliphatic rings. The van der Waals surface area contributed by atoms with Crippen molar-refractivity contribution in [3.8, 4) is 0 Å². The fraction of sp³-hybridized carbons (Fsp3) is 0.333. The van der Waals surface area contributed by atoms with Gasteiger partial charge in [-0.25, -0.2) is 4.68 Å². The van der Waals surface area contributed by atoms with Crippen molar-refractivity contribution in [1.82, 2.24) is 14.7 Å². The average molecular weight is 473 g/mol. The molecule has 2 aliphatic heterocycles. The predicted octanol–water partition coefficient (Wildman–Crippen LogP) is 5.47. The molecule has 2 aromatic carbocycles. The Morgan fingerprint density at radius 2 is 1.70 bits per heavy atom. The quantitative estimate of drug-likeness (QED) is 0.549. The third-order valence-electron chi connectivity index (χ3n) is 6.20. The Balaban J connectivity index is 1.44. The lowest BCUT2D eigenvalue weighted by molar-refractivity contribution is -0.173. The van der Waals surface area contributed by atoms with Gasteiger partial charge in [-0.15, -0.1) is 0 Å². The molecule has 0 spiro atoms. The van der Waals surface area contributed by atoms with Gasteiger partial charge in [-0.1, -0.05) is 60.7 Å². The van der Waals surface area contributed by atoms with E-state index in [1.54, 1.807) is 40.9 Å². The zero-order chi connectivity index (χ0) is 23.0. The highest BCUT2D eigenvalue weighted by molar-refractivity contribution is 7.99. The fourth-order valence-electron chi connectivity index (χ4n) is 4.50. The maximum absolute atomic E-state index is 13.9. The van der Waals surface area contributed by atoms with E-state index in [0.29, 0.717) is 13.1 Å². The maximum Gasteiger partial charge on any atom is 0.410 e. The second-order valence-electron chi connectivity index (χ2n) is 8.27. The number of carbonyl (C=O) groups is 1. The van der Waals surface area contributed by atoms with Gasteiger partial charge < -0.3 is 10.2 Å². The predicted molar refractivity (Wildman–Crippen MR) is 122 cm³/mol. The summed E-state index contributed by atoms with van der Waals surface area (Å²) in [6, 6.07) is 16.6. The number of rotatable bonds is 3. The highest BCUT2D eigenvalue weighted by Gasteiger charge is 2.47. The number of amides is 1. The molecule has 3 unspecified atom stereocenters. The molecule has 3 atom stereocenters. The summed E-state index contributed by atoms with van der Waals surface area (Å²) >= 11 is 1.79. The lowest BCUT2D eigenvalue weighted by Gasteiger charge is -2.35. The minimum Gasteiger partial charge on any atom is -0.363 e. The first-order valence-corrected chi connectivity index (χ1v) is 11.9. The van der Waals surface area contributed by atoms with Crippen molar-refractivity contribution >= 4 is 23.5 Å². The van der Waals surface area contributed by atoms with Gasteiger partial charge in [0.15, 0.2) is 6.04 Å². The number of halogens is 3. The van der Waals surface area contributed by atoms with Crippen molar-refractivity contribution in [2.75, 3.05) is 24.2 Å². The van der Waals surface area contributed by atoms with E-state index < -0.39 is 18.3 Å². The highest BCUT2D eigenvalue weighted by Crippen LogP contribution is 2.44. The van der Waals surface area contributed by atoms with E-state index in [1.165, 1.54) is 6.20 Å². The third-order valence-corrected chi connectivity index (χ3v) is 7.44. The first-order valence-electron chi connectivity index (χ1n) is 10.8. The van der Waals surface area contributed by atoms with Gasteiger partial charge in [0.2, 0.25) is 0 Å². The minimum absolute atomic E-state index is 0.128. The highest BCUT2D eigenvalue weighted by atomic mass is 32.2. The summed E-state index contributed by atoms with van der Waals surface area (Å²) in [4.78, 5) is 15.2. The van der Waals surface area contributed by atoms with E-state index in [2.05, 4.69) is 10.4 Å². The molecule has 33 heavy (non-hydrogen) atoms. The largest absolute Gasteiger partial charge is 0.410 e. The summed E-state index contributed by atoms with van der Waals surface area (Å²) in [5.74, 6) is 0.608. The Labute approximate surface area is 194 Å². The lowest BCUT2D eigenvalue weighted by Crippen LogP contribution is -2.40. The van der Waals surface area contributed by atoms with Crippen LogP contribution in [0.25, 0.3) is 0 Å². The first kappa shape index (κ1) is 21.9. The van der Waals surface area contributed by atoms with Crippen LogP contribution in [0.1, 0.15) is 45.2 Å². The molecule has 9 heteroatoms. The summed E-state index contributed by atoms with van der Waals surface area (Å²) in [5, 5.41) is 7.31. The monoisotopic (exact) mass is 472 g/mol. The number of benzene rings is 2. The van der Waals surface area contributed by atoms with E-state index >= 15 is 0 Å². The van der Waals surface area contributed by atoms with Crippen molar-refractivity contribution in [2.24, 2.45) is 0 Å². The molecule has 1 fully saturated rings. The molecule has 5 rings (SSSR count). The van der Waals surface area contributed by atoms with Crippen LogP contribution in [0.3, 0.4) is 0 Å². The number of thioether (sulfide) groups is 1. The molecule has 3 heterocycles. The third kappa shape index (κ3) is 4.34. The van der Waals surface area contributed by atoms with Crippen molar-refractivity contribution in [3.05, 3.63) is 83.6 Å². The van der Waals surface area contributed by atoms with E-state index in [0.717, 1.165) is 21.6 Å².